The summed E-state index contributed by atoms with van der Waals surface area (Å²) in [6, 6.07) is 10.9. The molecule has 0 unspecified atom stereocenters. The van der Waals surface area contributed by atoms with Crippen molar-refractivity contribution in [1.82, 2.24) is 9.29 Å². The van der Waals surface area contributed by atoms with Gasteiger partial charge in [0.2, 0.25) is 0 Å². The lowest BCUT2D eigenvalue weighted by Gasteiger charge is -2.13. The van der Waals surface area contributed by atoms with Crippen LogP contribution in [0.3, 0.4) is 0 Å². The molecule has 0 radical (unpaired) electrons. The lowest BCUT2D eigenvalue weighted by Crippen LogP contribution is -2.28. The molecule has 0 saturated heterocycles. The summed E-state index contributed by atoms with van der Waals surface area (Å²) >= 11 is 5.83. The van der Waals surface area contributed by atoms with Gasteiger partial charge >= 0.3 is 10.2 Å². The van der Waals surface area contributed by atoms with Crippen LogP contribution in [-0.4, -0.2) is 31.8 Å². The highest BCUT2D eigenvalue weighted by Crippen LogP contribution is 2.14. The van der Waals surface area contributed by atoms with Gasteiger partial charge in [-0.05, 0) is 29.8 Å². The van der Waals surface area contributed by atoms with Crippen molar-refractivity contribution in [1.29, 1.82) is 0 Å². The molecule has 0 aliphatic rings. The van der Waals surface area contributed by atoms with Gasteiger partial charge < -0.3 is 5.32 Å². The van der Waals surface area contributed by atoms with E-state index in [0.29, 0.717) is 23.1 Å². The Morgan fingerprint density at radius 1 is 1.14 bits per heavy atom. The molecule has 6 nitrogen and oxygen atoms in total. The molecule has 0 bridgehead atoms. The van der Waals surface area contributed by atoms with Crippen molar-refractivity contribution in [3.05, 3.63) is 53.2 Å². The van der Waals surface area contributed by atoms with Gasteiger partial charge in [0.1, 0.15) is 5.82 Å². The van der Waals surface area contributed by atoms with Crippen molar-refractivity contribution >= 4 is 33.3 Å². The predicted octanol–water partition coefficient (Wildman–Crippen LogP) is 2.57. The summed E-state index contributed by atoms with van der Waals surface area (Å²) in [7, 11) is -0.601. The van der Waals surface area contributed by atoms with Crippen molar-refractivity contribution < 1.29 is 8.42 Å². The first kappa shape index (κ1) is 16.5. The lowest BCUT2D eigenvalue weighted by atomic mass is 10.2. The molecular weight excluding hydrogens is 324 g/mol. The monoisotopic (exact) mass is 340 g/mol. The van der Waals surface area contributed by atoms with Gasteiger partial charge in [-0.25, -0.2) is 4.98 Å². The highest BCUT2D eigenvalue weighted by molar-refractivity contribution is 7.90. The second-order valence-corrected chi connectivity index (χ2v) is 7.12. The zero-order valence-electron chi connectivity index (χ0n) is 12.2. The first-order chi connectivity index (χ1) is 10.4. The van der Waals surface area contributed by atoms with E-state index >= 15 is 0 Å². The number of hydrogen-bond donors (Lipinski definition) is 2. The van der Waals surface area contributed by atoms with Crippen LogP contribution in [-0.2, 0) is 16.8 Å². The quantitative estimate of drug-likeness (QED) is 0.847. The van der Waals surface area contributed by atoms with E-state index in [2.05, 4.69) is 15.0 Å². The van der Waals surface area contributed by atoms with E-state index in [1.54, 1.807) is 12.1 Å². The van der Waals surface area contributed by atoms with Gasteiger partial charge in [0.15, 0.2) is 0 Å². The van der Waals surface area contributed by atoms with Gasteiger partial charge in [0, 0.05) is 25.7 Å². The molecule has 1 aromatic heterocycles. The number of anilines is 2. The second-order valence-electron chi connectivity index (χ2n) is 4.80. The van der Waals surface area contributed by atoms with Crippen LogP contribution in [0.5, 0.6) is 0 Å². The molecule has 0 spiro atoms. The van der Waals surface area contributed by atoms with Crippen LogP contribution in [0.2, 0.25) is 5.02 Å². The van der Waals surface area contributed by atoms with Gasteiger partial charge in [0.05, 0.1) is 11.9 Å². The van der Waals surface area contributed by atoms with Crippen LogP contribution in [0.1, 0.15) is 5.56 Å². The average Bonchev–Trinajstić information content (AvgIpc) is 2.48. The summed E-state index contributed by atoms with van der Waals surface area (Å²) < 4.78 is 26.9. The van der Waals surface area contributed by atoms with Crippen molar-refractivity contribution in [2.75, 3.05) is 24.1 Å². The van der Waals surface area contributed by atoms with E-state index in [0.717, 1.165) is 9.87 Å². The fourth-order valence-corrected chi connectivity index (χ4v) is 2.32. The molecule has 2 rings (SSSR count). The summed E-state index contributed by atoms with van der Waals surface area (Å²) in [6.45, 7) is 0.604. The minimum Gasteiger partial charge on any atom is -0.366 e. The molecule has 0 saturated carbocycles. The van der Waals surface area contributed by atoms with Gasteiger partial charge in [0.25, 0.3) is 0 Å². The molecule has 0 amide bonds. The van der Waals surface area contributed by atoms with Gasteiger partial charge in [-0.3, -0.25) is 4.72 Å². The molecule has 0 atom stereocenters. The van der Waals surface area contributed by atoms with E-state index < -0.39 is 10.2 Å². The standard InChI is InChI=1S/C14H17ClN4O2S/c1-19(2)22(20,21)18-13-7-8-14(17-10-13)16-9-11-3-5-12(15)6-4-11/h3-8,10,18H,9H2,1-2H3,(H,16,17). The Morgan fingerprint density at radius 2 is 1.82 bits per heavy atom. The fraction of sp³-hybridized carbons (Fsp3) is 0.214. The molecule has 0 aliphatic carbocycles. The molecule has 2 aromatic rings. The molecule has 0 aliphatic heterocycles. The molecular formula is C14H17ClN4O2S. The summed E-state index contributed by atoms with van der Waals surface area (Å²) in [5.41, 5.74) is 1.48. The number of halogens is 1. The summed E-state index contributed by atoms with van der Waals surface area (Å²) in [5, 5.41) is 3.85. The van der Waals surface area contributed by atoms with E-state index in [9.17, 15) is 8.42 Å². The van der Waals surface area contributed by atoms with Gasteiger partial charge in [-0.15, -0.1) is 0 Å². The Balaban J connectivity index is 1.96. The van der Waals surface area contributed by atoms with E-state index in [1.807, 2.05) is 24.3 Å². The zero-order chi connectivity index (χ0) is 16.2. The Kier molecular flexibility index (Phi) is 5.23. The minimum absolute atomic E-state index is 0.408. The van der Waals surface area contributed by atoms with Crippen LogP contribution in [0.4, 0.5) is 11.5 Å². The number of nitrogens with zero attached hydrogens (tertiary/aromatic N) is 2. The minimum atomic E-state index is -3.51. The third-order valence-electron chi connectivity index (χ3n) is 2.88. The predicted molar refractivity (Wildman–Crippen MR) is 89.2 cm³/mol. The number of rotatable bonds is 6. The van der Waals surface area contributed by atoms with E-state index in [-0.39, 0.29) is 0 Å². The largest absolute Gasteiger partial charge is 0.366 e. The third-order valence-corrected chi connectivity index (χ3v) is 4.58. The molecule has 8 heteroatoms. The van der Waals surface area contributed by atoms with Crippen molar-refractivity contribution in [2.45, 2.75) is 6.54 Å². The fourth-order valence-electron chi connectivity index (χ4n) is 1.59. The Bertz CT molecular complexity index is 716. The average molecular weight is 341 g/mol. The first-order valence-electron chi connectivity index (χ1n) is 6.51. The molecule has 1 heterocycles. The van der Waals surface area contributed by atoms with Crippen molar-refractivity contribution in [3.8, 4) is 0 Å². The number of benzene rings is 1. The maximum atomic E-state index is 11.7. The van der Waals surface area contributed by atoms with E-state index in [1.165, 1.54) is 20.3 Å². The first-order valence-corrected chi connectivity index (χ1v) is 8.33. The maximum absolute atomic E-state index is 11.7. The van der Waals surface area contributed by atoms with Crippen LogP contribution < -0.4 is 10.0 Å². The number of aromatic nitrogens is 1. The van der Waals surface area contributed by atoms with E-state index in [4.69, 9.17) is 11.6 Å². The van der Waals surface area contributed by atoms with Crippen LogP contribution in [0.25, 0.3) is 0 Å². The van der Waals surface area contributed by atoms with Crippen molar-refractivity contribution in [2.24, 2.45) is 0 Å². The molecule has 22 heavy (non-hydrogen) atoms. The third kappa shape index (κ3) is 4.59. The maximum Gasteiger partial charge on any atom is 0.301 e. The Labute approximate surface area is 135 Å². The van der Waals surface area contributed by atoms with Crippen LogP contribution in [0.15, 0.2) is 42.6 Å². The number of nitrogens with one attached hydrogen (secondary N) is 2. The normalized spacial score (nSPS) is 11.5. The van der Waals surface area contributed by atoms with Gasteiger partial charge in [-0.2, -0.15) is 12.7 Å². The Morgan fingerprint density at radius 3 is 2.36 bits per heavy atom. The zero-order valence-corrected chi connectivity index (χ0v) is 13.8. The molecule has 2 N–H and O–H groups in total. The SMILES string of the molecule is CN(C)S(=O)(=O)Nc1ccc(NCc2ccc(Cl)cc2)nc1. The second kappa shape index (κ2) is 6.95. The van der Waals surface area contributed by atoms with Crippen molar-refractivity contribution in [3.63, 3.8) is 0 Å². The number of pyridine rings is 1. The topological polar surface area (TPSA) is 74.3 Å². The lowest BCUT2D eigenvalue weighted by molar-refractivity contribution is 0.527. The number of hydrogen-bond acceptors (Lipinski definition) is 4. The van der Waals surface area contributed by atoms with Gasteiger partial charge in [-0.1, -0.05) is 23.7 Å². The smallest absolute Gasteiger partial charge is 0.301 e. The summed E-state index contributed by atoms with van der Waals surface area (Å²) in [6.07, 6.45) is 1.46. The van der Waals surface area contributed by atoms with Crippen LogP contribution in [0, 0.1) is 0 Å². The highest BCUT2D eigenvalue weighted by atomic mass is 35.5. The summed E-state index contributed by atoms with van der Waals surface area (Å²) in [5.74, 6) is 0.655. The molecule has 118 valence electrons. The Hall–Kier alpha value is -1.83. The molecule has 1 aromatic carbocycles. The van der Waals surface area contributed by atoms with Crippen LogP contribution >= 0.6 is 11.6 Å². The highest BCUT2D eigenvalue weighted by Gasteiger charge is 2.12. The summed E-state index contributed by atoms with van der Waals surface area (Å²) in [4.78, 5) is 4.17. The molecule has 0 fully saturated rings.